The molecule has 0 radical (unpaired) electrons. The van der Waals surface area contributed by atoms with E-state index in [1.54, 1.807) is 62.4 Å². The quantitative estimate of drug-likeness (QED) is 0.0790. The van der Waals surface area contributed by atoms with Crippen LogP contribution >= 0.6 is 0 Å². The number of carbonyl (C=O) groups excluding carboxylic acids is 6. The molecule has 3 aromatic rings. The van der Waals surface area contributed by atoms with Gasteiger partial charge in [-0.25, -0.2) is 19.2 Å². The van der Waals surface area contributed by atoms with Gasteiger partial charge in [-0.2, -0.15) is 0 Å². The van der Waals surface area contributed by atoms with Crippen molar-refractivity contribution >= 4 is 35.8 Å². The van der Waals surface area contributed by atoms with Gasteiger partial charge in [0.1, 0.15) is 53.7 Å². The molecule has 11 atom stereocenters. The van der Waals surface area contributed by atoms with Gasteiger partial charge in [-0.15, -0.1) is 0 Å². The van der Waals surface area contributed by atoms with E-state index in [0.29, 0.717) is 11.3 Å². The number of amides is 1. The molecule has 18 heteroatoms. The Bertz CT molecular complexity index is 2430. The minimum atomic E-state index is -2.46. The molecule has 4 N–H and O–H groups in total. The third kappa shape index (κ3) is 8.86. The topological polar surface area (TPSA) is 253 Å². The summed E-state index contributed by atoms with van der Waals surface area (Å²) >= 11 is 0. The van der Waals surface area contributed by atoms with E-state index < -0.39 is 119 Å². The van der Waals surface area contributed by atoms with Gasteiger partial charge in [0.05, 0.1) is 36.0 Å². The molecule has 2 saturated carbocycles. The number of ether oxygens (including phenoxy) is 7. The summed E-state index contributed by atoms with van der Waals surface area (Å²) in [6, 6.07) is 17.5. The number of nitrogens with one attached hydrogen (secondary N) is 1. The molecule has 2 aromatic carbocycles. The van der Waals surface area contributed by atoms with Crippen LogP contribution in [0.5, 0.6) is 5.75 Å². The molecular weight excluding hydrogens is 875 g/mol. The van der Waals surface area contributed by atoms with Gasteiger partial charge in [-0.05, 0) is 80.8 Å². The van der Waals surface area contributed by atoms with Gasteiger partial charge in [-0.1, -0.05) is 50.2 Å². The van der Waals surface area contributed by atoms with Crippen LogP contribution in [-0.4, -0.2) is 112 Å². The van der Waals surface area contributed by atoms with Crippen LogP contribution in [0.25, 0.3) is 0 Å². The lowest BCUT2D eigenvalue weighted by Gasteiger charge is -2.67. The average molecular weight is 930 g/mol. The van der Waals surface area contributed by atoms with Gasteiger partial charge in [-0.3, -0.25) is 9.59 Å². The van der Waals surface area contributed by atoms with Crippen molar-refractivity contribution in [2.45, 2.75) is 115 Å². The largest absolute Gasteiger partial charge is 0.482 e. The van der Waals surface area contributed by atoms with Gasteiger partial charge in [0, 0.05) is 25.2 Å². The molecular formula is C49H55NO17. The Hall–Kier alpha value is -6.34. The minimum absolute atomic E-state index is 0.0345. The number of aliphatic hydroxyl groups is 3. The predicted octanol–water partition coefficient (Wildman–Crippen LogP) is 4.61. The van der Waals surface area contributed by atoms with Crippen LogP contribution in [0.3, 0.4) is 0 Å². The van der Waals surface area contributed by atoms with E-state index in [1.807, 2.05) is 0 Å². The fraction of sp³-hybridized carbons (Fsp3) is 0.469. The van der Waals surface area contributed by atoms with Crippen molar-refractivity contribution in [3.63, 3.8) is 0 Å². The number of para-hydroxylation sites is 1. The standard InChI is InChI=1S/C49H55NO17/c1-26(2)23-62-45(58)50-37(31-19-14-20-60-31)39(54)44(57)64-32-22-49(59)42(66-43(56)29-15-10-8-11-16-29)40-47(7,41(55)38(53)36(27(32)3)46(49,5)6)33(21-34-48(40,25-63-34)67-28(4)51)65-35(52)24-61-30-17-12-9-13-18-30/h8-20,23,32-34,37-40,42,53-54,59H,21-22,24-25H2,1-7H3,(H,50,58)/t32-,33-,34+,37-,38+,39+,40?,42-,47+,48-,49+/m0/s1. The molecule has 1 amide bonds. The number of alkyl carbamates (subject to hydrolysis) is 1. The van der Waals surface area contributed by atoms with Crippen molar-refractivity contribution in [2.24, 2.45) is 16.7 Å². The minimum Gasteiger partial charge on any atom is -0.482 e. The zero-order valence-corrected chi connectivity index (χ0v) is 38.1. The first-order valence-electron chi connectivity index (χ1n) is 21.8. The number of fused-ring (bicyclic) bond motifs is 5. The number of hydrogen-bond acceptors (Lipinski definition) is 17. The fourth-order valence-electron chi connectivity index (χ4n) is 10.2. The van der Waals surface area contributed by atoms with Crippen LogP contribution in [0.2, 0.25) is 0 Å². The molecule has 1 saturated heterocycles. The summed E-state index contributed by atoms with van der Waals surface area (Å²) in [4.78, 5) is 83.9. The number of hydrogen-bond donors (Lipinski definition) is 4. The third-order valence-corrected chi connectivity index (χ3v) is 13.6. The van der Waals surface area contributed by atoms with Crippen molar-refractivity contribution in [1.29, 1.82) is 0 Å². The number of allylic oxidation sites excluding steroid dienone is 1. The molecule has 67 heavy (non-hydrogen) atoms. The van der Waals surface area contributed by atoms with Gasteiger partial charge < -0.3 is 58.2 Å². The Balaban J connectivity index is 1.35. The van der Waals surface area contributed by atoms with Gasteiger partial charge >= 0.3 is 30.0 Å². The smallest absolute Gasteiger partial charge is 0.412 e. The predicted molar refractivity (Wildman–Crippen MR) is 231 cm³/mol. The van der Waals surface area contributed by atoms with Gasteiger partial charge in [0.15, 0.2) is 24.1 Å². The summed E-state index contributed by atoms with van der Waals surface area (Å²) in [5.74, 6) is -6.34. The molecule has 4 aliphatic rings. The first-order chi connectivity index (χ1) is 31.6. The van der Waals surface area contributed by atoms with E-state index >= 15 is 4.79 Å². The van der Waals surface area contributed by atoms with Crippen molar-refractivity contribution in [1.82, 2.24) is 5.32 Å². The highest BCUT2D eigenvalue weighted by Gasteiger charge is 2.78. The molecule has 358 valence electrons. The van der Waals surface area contributed by atoms with E-state index in [1.165, 1.54) is 58.2 Å². The second-order valence-corrected chi connectivity index (χ2v) is 18.3. The molecule has 3 aliphatic carbocycles. The lowest BCUT2D eigenvalue weighted by molar-refractivity contribution is -0.346. The fourth-order valence-corrected chi connectivity index (χ4v) is 10.2. The van der Waals surface area contributed by atoms with Crippen LogP contribution in [0.1, 0.15) is 83.5 Å². The van der Waals surface area contributed by atoms with E-state index in [0.717, 1.165) is 13.2 Å². The number of rotatable bonds is 13. The summed E-state index contributed by atoms with van der Waals surface area (Å²) in [6.07, 6.45) is -9.79. The van der Waals surface area contributed by atoms with Crippen molar-refractivity contribution in [2.75, 3.05) is 13.2 Å². The number of esters is 4. The number of carbonyl (C=O) groups is 6. The molecule has 2 heterocycles. The maximum Gasteiger partial charge on any atom is 0.412 e. The van der Waals surface area contributed by atoms with Crippen molar-refractivity contribution < 1.29 is 81.7 Å². The zero-order valence-electron chi connectivity index (χ0n) is 38.1. The lowest BCUT2D eigenvalue weighted by atomic mass is 9.44. The molecule has 1 aromatic heterocycles. The second-order valence-electron chi connectivity index (χ2n) is 18.3. The normalized spacial score (nSPS) is 30.2. The van der Waals surface area contributed by atoms with Gasteiger partial charge in [0.2, 0.25) is 0 Å². The van der Waals surface area contributed by atoms with Crippen LogP contribution < -0.4 is 10.1 Å². The highest BCUT2D eigenvalue weighted by molar-refractivity contribution is 5.94. The van der Waals surface area contributed by atoms with Gasteiger partial charge in [0.25, 0.3) is 0 Å². The van der Waals surface area contributed by atoms with E-state index in [4.69, 9.17) is 37.6 Å². The Morgan fingerprint density at radius 3 is 2.19 bits per heavy atom. The monoisotopic (exact) mass is 929 g/mol. The van der Waals surface area contributed by atoms with E-state index in [-0.39, 0.29) is 35.5 Å². The summed E-state index contributed by atoms with van der Waals surface area (Å²) < 4.78 is 46.8. The van der Waals surface area contributed by atoms with Crippen LogP contribution in [0.15, 0.2) is 106 Å². The molecule has 7 rings (SSSR count). The van der Waals surface area contributed by atoms with Crippen molar-refractivity contribution in [3.05, 3.63) is 113 Å². The van der Waals surface area contributed by atoms with E-state index in [2.05, 4.69) is 5.32 Å². The Labute approximate surface area is 386 Å². The second kappa shape index (κ2) is 18.7. The number of aliphatic hydroxyl groups excluding tert-OH is 2. The molecule has 1 aliphatic heterocycles. The Kier molecular flexibility index (Phi) is 13.6. The number of benzene rings is 2. The molecule has 0 spiro atoms. The first-order valence-corrected chi connectivity index (χ1v) is 21.8. The number of ketones is 1. The number of Topliss-reactive ketones (excluding diaryl/α,β-unsaturated/α-hetero) is 1. The molecule has 1 unspecified atom stereocenters. The van der Waals surface area contributed by atoms with E-state index in [9.17, 15) is 39.3 Å². The summed E-state index contributed by atoms with van der Waals surface area (Å²) in [5.41, 5.74) is -7.52. The highest BCUT2D eigenvalue weighted by Crippen LogP contribution is 2.64. The maximum atomic E-state index is 15.6. The highest BCUT2D eigenvalue weighted by atomic mass is 16.6. The number of furan rings is 1. The maximum absolute atomic E-state index is 15.6. The van der Waals surface area contributed by atoms with Crippen LogP contribution in [0, 0.1) is 16.7 Å². The average Bonchev–Trinajstić information content (AvgIpc) is 3.83. The SMILES string of the molecule is CC(=O)O[C@@]12CO[C@@H]1C[C@H](OC(=O)COc1ccccc1)[C@@]1(C)C(=O)[C@H](O)C3=C(C)[C@@H](OC(=O)[C@H](O)[C@@H](NC(=O)OC=C(C)C)c4ccco4)C[C@@](O)([C@@H](OC(=O)c4ccccc4)C12)C3(C)C. The Morgan fingerprint density at radius 1 is 0.925 bits per heavy atom. The van der Waals surface area contributed by atoms with Crippen LogP contribution in [0.4, 0.5) is 4.79 Å². The molecule has 18 nitrogen and oxygen atoms in total. The third-order valence-electron chi connectivity index (χ3n) is 13.6. The van der Waals surface area contributed by atoms with Crippen molar-refractivity contribution in [3.8, 4) is 5.75 Å². The molecule has 2 bridgehead atoms. The Morgan fingerprint density at radius 2 is 1.60 bits per heavy atom. The lowest BCUT2D eigenvalue weighted by Crippen LogP contribution is -2.82. The zero-order chi connectivity index (χ0) is 48.6. The summed E-state index contributed by atoms with van der Waals surface area (Å²) in [5, 5.41) is 40.2. The van der Waals surface area contributed by atoms with Crippen LogP contribution in [-0.2, 0) is 47.6 Å². The molecule has 3 fully saturated rings. The summed E-state index contributed by atoms with van der Waals surface area (Å²) in [7, 11) is 0. The first kappa shape index (κ1) is 48.6. The summed E-state index contributed by atoms with van der Waals surface area (Å²) in [6.45, 7) is 9.43.